The highest BCUT2D eigenvalue weighted by molar-refractivity contribution is 8.19. The van der Waals surface area contributed by atoms with Crippen LogP contribution in [0.25, 0.3) is 0 Å². The van der Waals surface area contributed by atoms with Gasteiger partial charge in [-0.05, 0) is 61.0 Å². The van der Waals surface area contributed by atoms with Crippen LogP contribution in [-0.2, 0) is 0 Å². The van der Waals surface area contributed by atoms with E-state index in [0.717, 1.165) is 24.6 Å². The average Bonchev–Trinajstić information content (AvgIpc) is 3.44. The Morgan fingerprint density at radius 1 is 1.14 bits per heavy atom. The molecular formula is C22H28N2OS3. The molecule has 1 N–H and O–H groups in total. The quantitative estimate of drug-likeness (QED) is 0.660. The van der Waals surface area contributed by atoms with Gasteiger partial charge in [0.25, 0.3) is 5.91 Å². The molecule has 2 saturated heterocycles. The molecule has 0 radical (unpaired) electrons. The summed E-state index contributed by atoms with van der Waals surface area (Å²) in [6.07, 6.45) is 2.49. The molecule has 0 aliphatic carbocycles. The number of hydrogen-bond donors (Lipinski definition) is 1. The van der Waals surface area contributed by atoms with Crippen LogP contribution >= 0.6 is 34.9 Å². The number of nitrogens with one attached hydrogen (secondary N) is 1. The average molecular weight is 433 g/mol. The standard InChI is InChI=1S/C22H28N2OS3/c1-16-8-10-24(11-9-16)19(20-3-2-12-26-20)15-23-21(25)17-4-6-18(7-5-17)22-27-13-14-28-22/h2-7,12,16,19,22H,8-11,13-15H2,1H3,(H,23,25)/t19-/m0/s1. The minimum absolute atomic E-state index is 0.0326. The number of nitrogens with zero attached hydrogens (tertiary/aromatic N) is 1. The molecule has 0 bridgehead atoms. The zero-order valence-corrected chi connectivity index (χ0v) is 18.8. The summed E-state index contributed by atoms with van der Waals surface area (Å²) in [6, 6.07) is 12.8. The summed E-state index contributed by atoms with van der Waals surface area (Å²) >= 11 is 5.78. The van der Waals surface area contributed by atoms with Crippen molar-refractivity contribution >= 4 is 40.8 Å². The molecule has 6 heteroatoms. The van der Waals surface area contributed by atoms with Crippen molar-refractivity contribution in [1.29, 1.82) is 0 Å². The lowest BCUT2D eigenvalue weighted by atomic mass is 9.97. The van der Waals surface area contributed by atoms with Gasteiger partial charge in [-0.1, -0.05) is 25.1 Å². The molecule has 2 aromatic rings. The van der Waals surface area contributed by atoms with E-state index in [0.29, 0.717) is 11.1 Å². The predicted molar refractivity (Wildman–Crippen MR) is 123 cm³/mol. The molecule has 0 saturated carbocycles. The topological polar surface area (TPSA) is 32.3 Å². The molecule has 150 valence electrons. The minimum atomic E-state index is 0.0326. The van der Waals surface area contributed by atoms with E-state index in [9.17, 15) is 4.79 Å². The smallest absolute Gasteiger partial charge is 0.251 e. The van der Waals surface area contributed by atoms with Gasteiger partial charge in [0, 0.05) is 28.5 Å². The Kier molecular flexibility index (Phi) is 7.04. The van der Waals surface area contributed by atoms with Crippen LogP contribution in [0, 0.1) is 5.92 Å². The number of thiophene rings is 1. The Balaban J connectivity index is 1.38. The number of hydrogen-bond acceptors (Lipinski definition) is 5. The van der Waals surface area contributed by atoms with Crippen molar-refractivity contribution in [3.05, 3.63) is 57.8 Å². The number of rotatable bonds is 6. The highest BCUT2D eigenvalue weighted by Crippen LogP contribution is 2.45. The Bertz CT molecular complexity index is 749. The number of benzene rings is 1. The first-order valence-corrected chi connectivity index (χ1v) is 13.1. The Morgan fingerprint density at radius 3 is 2.50 bits per heavy atom. The van der Waals surface area contributed by atoms with E-state index in [1.165, 1.54) is 34.8 Å². The number of piperidine rings is 1. The molecule has 1 aromatic heterocycles. The molecule has 2 aliphatic rings. The fraction of sp³-hybridized carbons (Fsp3) is 0.500. The van der Waals surface area contributed by atoms with Crippen molar-refractivity contribution in [3.8, 4) is 0 Å². The van der Waals surface area contributed by atoms with E-state index >= 15 is 0 Å². The van der Waals surface area contributed by atoms with Crippen molar-refractivity contribution in [2.24, 2.45) is 5.92 Å². The third-order valence-electron chi connectivity index (χ3n) is 5.65. The molecule has 0 unspecified atom stereocenters. The third kappa shape index (κ3) is 4.96. The largest absolute Gasteiger partial charge is 0.350 e. The van der Waals surface area contributed by atoms with Crippen molar-refractivity contribution in [3.63, 3.8) is 0 Å². The van der Waals surface area contributed by atoms with Gasteiger partial charge >= 0.3 is 0 Å². The van der Waals surface area contributed by atoms with Crippen LogP contribution in [0.5, 0.6) is 0 Å². The van der Waals surface area contributed by atoms with E-state index < -0.39 is 0 Å². The number of carbonyl (C=O) groups excluding carboxylic acids is 1. The second kappa shape index (κ2) is 9.70. The maximum absolute atomic E-state index is 12.7. The van der Waals surface area contributed by atoms with Gasteiger partial charge in [-0.25, -0.2) is 0 Å². The van der Waals surface area contributed by atoms with E-state index in [2.05, 4.69) is 46.8 Å². The van der Waals surface area contributed by atoms with Crippen LogP contribution in [0.1, 0.15) is 51.2 Å². The molecule has 1 amide bonds. The maximum Gasteiger partial charge on any atom is 0.251 e. The van der Waals surface area contributed by atoms with Gasteiger partial charge in [0.15, 0.2) is 0 Å². The normalized spacial score (nSPS) is 20.3. The van der Waals surface area contributed by atoms with Crippen molar-refractivity contribution < 1.29 is 4.79 Å². The van der Waals surface area contributed by atoms with E-state index in [1.807, 2.05) is 35.7 Å². The van der Waals surface area contributed by atoms with Crippen LogP contribution in [0.2, 0.25) is 0 Å². The molecule has 3 heterocycles. The van der Waals surface area contributed by atoms with Crippen molar-refractivity contribution in [2.45, 2.75) is 30.4 Å². The molecule has 4 rings (SSSR count). The minimum Gasteiger partial charge on any atom is -0.350 e. The summed E-state index contributed by atoms with van der Waals surface area (Å²) in [5.41, 5.74) is 2.08. The lowest BCUT2D eigenvalue weighted by Gasteiger charge is -2.36. The zero-order chi connectivity index (χ0) is 19.3. The molecule has 2 aliphatic heterocycles. The predicted octanol–water partition coefficient (Wildman–Crippen LogP) is 5.43. The summed E-state index contributed by atoms with van der Waals surface area (Å²) in [5, 5.41) is 5.33. The van der Waals surface area contributed by atoms with Crippen LogP contribution in [-0.4, -0.2) is 41.9 Å². The molecule has 2 fully saturated rings. The van der Waals surface area contributed by atoms with Gasteiger partial charge < -0.3 is 5.32 Å². The van der Waals surface area contributed by atoms with Crippen LogP contribution < -0.4 is 5.32 Å². The highest BCUT2D eigenvalue weighted by atomic mass is 32.2. The molecule has 1 atom stereocenters. The lowest BCUT2D eigenvalue weighted by Crippen LogP contribution is -2.41. The molecule has 0 spiro atoms. The zero-order valence-electron chi connectivity index (χ0n) is 16.3. The van der Waals surface area contributed by atoms with E-state index in [4.69, 9.17) is 0 Å². The van der Waals surface area contributed by atoms with Gasteiger partial charge in [0.1, 0.15) is 0 Å². The van der Waals surface area contributed by atoms with E-state index in [1.54, 1.807) is 11.3 Å². The number of carbonyl (C=O) groups is 1. The van der Waals surface area contributed by atoms with Crippen LogP contribution in [0.4, 0.5) is 0 Å². The highest BCUT2D eigenvalue weighted by Gasteiger charge is 2.26. The second-order valence-corrected chi connectivity index (χ2v) is 11.4. The maximum atomic E-state index is 12.7. The lowest BCUT2D eigenvalue weighted by molar-refractivity contribution is 0.0915. The molecular weight excluding hydrogens is 404 g/mol. The number of likely N-dealkylation sites (tertiary alicyclic amines) is 1. The third-order valence-corrected chi connectivity index (χ3v) is 9.73. The first kappa shape index (κ1) is 20.3. The van der Waals surface area contributed by atoms with E-state index in [-0.39, 0.29) is 11.9 Å². The Morgan fingerprint density at radius 2 is 1.86 bits per heavy atom. The summed E-state index contributed by atoms with van der Waals surface area (Å²) in [5.74, 6) is 3.28. The van der Waals surface area contributed by atoms with Gasteiger partial charge in [-0.2, -0.15) is 0 Å². The molecule has 28 heavy (non-hydrogen) atoms. The monoisotopic (exact) mass is 432 g/mol. The van der Waals surface area contributed by atoms with Crippen LogP contribution in [0.3, 0.4) is 0 Å². The fourth-order valence-electron chi connectivity index (χ4n) is 3.86. The van der Waals surface area contributed by atoms with Crippen LogP contribution in [0.15, 0.2) is 41.8 Å². The summed E-state index contributed by atoms with van der Waals surface area (Å²) in [6.45, 7) is 5.24. The van der Waals surface area contributed by atoms with Crippen molar-refractivity contribution in [2.75, 3.05) is 31.1 Å². The summed E-state index contributed by atoms with van der Waals surface area (Å²) < 4.78 is 0.529. The Labute approximate surface area is 180 Å². The number of amides is 1. The fourth-order valence-corrected chi connectivity index (χ4v) is 7.58. The molecule has 1 aromatic carbocycles. The molecule has 3 nitrogen and oxygen atoms in total. The summed E-state index contributed by atoms with van der Waals surface area (Å²) in [7, 11) is 0. The first-order valence-electron chi connectivity index (χ1n) is 10.1. The van der Waals surface area contributed by atoms with Gasteiger partial charge in [-0.15, -0.1) is 34.9 Å². The summed E-state index contributed by atoms with van der Waals surface area (Å²) in [4.78, 5) is 16.6. The van der Waals surface area contributed by atoms with Crippen molar-refractivity contribution in [1.82, 2.24) is 10.2 Å². The SMILES string of the molecule is CC1CCN([C@@H](CNC(=O)c2ccc(C3SCCS3)cc2)c2cccs2)CC1. The first-order chi connectivity index (χ1) is 13.7. The van der Waals surface area contributed by atoms with Gasteiger partial charge in [-0.3, -0.25) is 9.69 Å². The van der Waals surface area contributed by atoms with Gasteiger partial charge in [0.05, 0.1) is 10.6 Å². The second-order valence-electron chi connectivity index (χ2n) is 7.66. The Hall–Kier alpha value is -0.950. The van der Waals surface area contributed by atoms with Gasteiger partial charge in [0.2, 0.25) is 0 Å². The number of thioether (sulfide) groups is 2.